The van der Waals surface area contributed by atoms with Gasteiger partial charge < -0.3 is 15.2 Å². The molecule has 0 heterocycles. The normalized spacial score (nSPS) is 10.3. The molecule has 4 heteroatoms. The van der Waals surface area contributed by atoms with Crippen LogP contribution in [0.2, 0.25) is 0 Å². The van der Waals surface area contributed by atoms with Gasteiger partial charge in [-0.15, -0.1) is 0 Å². The number of nitrogens with two attached hydrogens (primary N) is 1. The predicted octanol–water partition coefficient (Wildman–Crippen LogP) is 2.24. The number of ether oxygens (including phenoxy) is 2. The third kappa shape index (κ3) is 2.82. The number of hydrogen-bond acceptors (Lipinski definition) is 4. The number of carbonyl (C=O) groups excluding carboxylic acids is 1. The van der Waals surface area contributed by atoms with E-state index in [0.717, 1.165) is 11.1 Å². The lowest BCUT2D eigenvalue weighted by molar-refractivity contribution is 0.0977. The van der Waals surface area contributed by atoms with Crippen LogP contribution in [0, 0.1) is 13.8 Å². The molecule has 4 nitrogen and oxygen atoms in total. The SMILES string of the molecule is COc1cc(C(=O)CCCN)c(OC)c(C)c1C. The number of Topliss-reactive ketones (excluding diaryl/α,β-unsaturated/α-hetero) is 1. The first-order chi connectivity index (χ1) is 8.56. The molecule has 0 radical (unpaired) electrons. The summed E-state index contributed by atoms with van der Waals surface area (Å²) in [5.41, 5.74) is 7.93. The van der Waals surface area contributed by atoms with Crippen molar-refractivity contribution in [1.29, 1.82) is 0 Å². The Bertz CT molecular complexity index is 441. The molecular weight excluding hydrogens is 230 g/mol. The minimum Gasteiger partial charge on any atom is -0.496 e. The Morgan fingerprint density at radius 1 is 1.22 bits per heavy atom. The summed E-state index contributed by atoms with van der Waals surface area (Å²) in [4.78, 5) is 12.1. The molecule has 1 aromatic carbocycles. The van der Waals surface area contributed by atoms with Crippen molar-refractivity contribution < 1.29 is 14.3 Å². The second-order valence-electron chi connectivity index (χ2n) is 4.23. The van der Waals surface area contributed by atoms with Crippen molar-refractivity contribution in [2.75, 3.05) is 20.8 Å². The molecular formula is C14H21NO3. The van der Waals surface area contributed by atoms with Gasteiger partial charge in [-0.3, -0.25) is 4.79 Å². The van der Waals surface area contributed by atoms with Gasteiger partial charge >= 0.3 is 0 Å². The first kappa shape index (κ1) is 14.5. The molecule has 0 bridgehead atoms. The van der Waals surface area contributed by atoms with E-state index in [1.54, 1.807) is 20.3 Å². The third-order valence-corrected chi connectivity index (χ3v) is 3.13. The van der Waals surface area contributed by atoms with Crippen LogP contribution in [0.1, 0.15) is 34.3 Å². The minimum absolute atomic E-state index is 0.0405. The lowest BCUT2D eigenvalue weighted by Gasteiger charge is -2.16. The summed E-state index contributed by atoms with van der Waals surface area (Å²) in [5.74, 6) is 1.39. The van der Waals surface area contributed by atoms with Crippen molar-refractivity contribution in [2.45, 2.75) is 26.7 Å². The standard InChI is InChI=1S/C14H21NO3/c1-9-10(2)14(18-4)11(8-13(9)17-3)12(16)6-5-7-15/h8H,5-7,15H2,1-4H3. The van der Waals surface area contributed by atoms with Gasteiger partial charge in [0.05, 0.1) is 19.8 Å². The Labute approximate surface area is 108 Å². The molecule has 0 aliphatic rings. The van der Waals surface area contributed by atoms with Crippen LogP contribution in [0.3, 0.4) is 0 Å². The Kier molecular flexibility index (Phi) is 5.16. The summed E-state index contributed by atoms with van der Waals surface area (Å²) in [7, 11) is 3.18. The van der Waals surface area contributed by atoms with Crippen molar-refractivity contribution in [3.05, 3.63) is 22.8 Å². The van der Waals surface area contributed by atoms with Gasteiger partial charge in [-0.1, -0.05) is 0 Å². The second kappa shape index (κ2) is 6.40. The summed E-state index contributed by atoms with van der Waals surface area (Å²) in [6.07, 6.45) is 1.11. The van der Waals surface area contributed by atoms with E-state index in [-0.39, 0.29) is 5.78 Å². The molecule has 1 aromatic rings. The molecule has 0 unspecified atom stereocenters. The lowest BCUT2D eigenvalue weighted by Crippen LogP contribution is -2.08. The van der Waals surface area contributed by atoms with E-state index in [1.165, 1.54) is 0 Å². The molecule has 0 aliphatic carbocycles. The molecule has 2 N–H and O–H groups in total. The molecule has 0 saturated carbocycles. The monoisotopic (exact) mass is 251 g/mol. The summed E-state index contributed by atoms with van der Waals surface area (Å²) < 4.78 is 10.6. The predicted molar refractivity (Wildman–Crippen MR) is 71.6 cm³/mol. The van der Waals surface area contributed by atoms with Crippen LogP contribution in [0.5, 0.6) is 11.5 Å². The van der Waals surface area contributed by atoms with Gasteiger partial charge in [0, 0.05) is 6.42 Å². The molecule has 0 aromatic heterocycles. The van der Waals surface area contributed by atoms with E-state index >= 15 is 0 Å². The van der Waals surface area contributed by atoms with Crippen molar-refractivity contribution in [3.8, 4) is 11.5 Å². The van der Waals surface area contributed by atoms with Crippen LogP contribution in [0.15, 0.2) is 6.07 Å². The summed E-state index contributed by atoms with van der Waals surface area (Å²) in [6, 6.07) is 1.75. The van der Waals surface area contributed by atoms with Gasteiger partial charge in [0.1, 0.15) is 11.5 Å². The summed E-state index contributed by atoms with van der Waals surface area (Å²) >= 11 is 0. The van der Waals surface area contributed by atoms with E-state index < -0.39 is 0 Å². The maximum atomic E-state index is 12.1. The van der Waals surface area contributed by atoms with Crippen molar-refractivity contribution in [1.82, 2.24) is 0 Å². The van der Waals surface area contributed by atoms with Crippen LogP contribution in [0.4, 0.5) is 0 Å². The van der Waals surface area contributed by atoms with E-state index in [1.807, 2.05) is 13.8 Å². The number of hydrogen-bond donors (Lipinski definition) is 1. The highest BCUT2D eigenvalue weighted by Crippen LogP contribution is 2.34. The molecule has 0 spiro atoms. The molecule has 0 aliphatic heterocycles. The topological polar surface area (TPSA) is 61.5 Å². The maximum Gasteiger partial charge on any atom is 0.166 e. The van der Waals surface area contributed by atoms with Crippen LogP contribution in [0.25, 0.3) is 0 Å². The van der Waals surface area contributed by atoms with Crippen molar-refractivity contribution >= 4 is 5.78 Å². The molecule has 0 atom stereocenters. The van der Waals surface area contributed by atoms with Crippen LogP contribution >= 0.6 is 0 Å². The average Bonchev–Trinajstić information content (AvgIpc) is 2.38. The average molecular weight is 251 g/mol. The molecule has 100 valence electrons. The minimum atomic E-state index is 0.0405. The van der Waals surface area contributed by atoms with Crippen LogP contribution in [-0.4, -0.2) is 26.5 Å². The molecule has 1 rings (SSSR count). The fourth-order valence-electron chi connectivity index (χ4n) is 1.94. The van der Waals surface area contributed by atoms with E-state index in [4.69, 9.17) is 15.2 Å². The lowest BCUT2D eigenvalue weighted by atomic mass is 9.98. The van der Waals surface area contributed by atoms with E-state index in [9.17, 15) is 4.79 Å². The highest BCUT2D eigenvalue weighted by atomic mass is 16.5. The largest absolute Gasteiger partial charge is 0.496 e. The van der Waals surface area contributed by atoms with Gasteiger partial charge in [-0.25, -0.2) is 0 Å². The summed E-state index contributed by atoms with van der Waals surface area (Å²) in [5, 5.41) is 0. The fourth-order valence-corrected chi connectivity index (χ4v) is 1.94. The van der Waals surface area contributed by atoms with E-state index in [0.29, 0.717) is 36.4 Å². The molecule has 0 amide bonds. The van der Waals surface area contributed by atoms with Crippen LogP contribution in [-0.2, 0) is 0 Å². The number of rotatable bonds is 6. The molecule has 0 saturated heterocycles. The zero-order valence-corrected chi connectivity index (χ0v) is 11.5. The summed E-state index contributed by atoms with van der Waals surface area (Å²) in [6.45, 7) is 4.39. The fraction of sp³-hybridized carbons (Fsp3) is 0.500. The van der Waals surface area contributed by atoms with Gasteiger partial charge in [0.15, 0.2) is 5.78 Å². The first-order valence-corrected chi connectivity index (χ1v) is 6.02. The quantitative estimate of drug-likeness (QED) is 0.788. The Morgan fingerprint density at radius 2 is 1.89 bits per heavy atom. The smallest absolute Gasteiger partial charge is 0.166 e. The third-order valence-electron chi connectivity index (χ3n) is 3.13. The van der Waals surface area contributed by atoms with Gasteiger partial charge in [0.25, 0.3) is 0 Å². The second-order valence-corrected chi connectivity index (χ2v) is 4.23. The number of carbonyl (C=O) groups is 1. The van der Waals surface area contributed by atoms with E-state index in [2.05, 4.69) is 0 Å². The Hall–Kier alpha value is -1.55. The number of methoxy groups -OCH3 is 2. The highest BCUT2D eigenvalue weighted by molar-refractivity contribution is 5.99. The molecule has 18 heavy (non-hydrogen) atoms. The zero-order chi connectivity index (χ0) is 13.7. The Balaban J connectivity index is 3.24. The van der Waals surface area contributed by atoms with Crippen molar-refractivity contribution in [3.63, 3.8) is 0 Å². The number of benzene rings is 1. The van der Waals surface area contributed by atoms with Gasteiger partial charge in [-0.2, -0.15) is 0 Å². The molecule has 0 fully saturated rings. The van der Waals surface area contributed by atoms with Crippen LogP contribution < -0.4 is 15.2 Å². The maximum absolute atomic E-state index is 12.1. The van der Waals surface area contributed by atoms with Gasteiger partial charge in [-0.05, 0) is 44.0 Å². The van der Waals surface area contributed by atoms with Crippen molar-refractivity contribution in [2.24, 2.45) is 5.73 Å². The Morgan fingerprint density at radius 3 is 2.39 bits per heavy atom. The van der Waals surface area contributed by atoms with Gasteiger partial charge in [0.2, 0.25) is 0 Å². The number of ketones is 1. The highest BCUT2D eigenvalue weighted by Gasteiger charge is 2.18. The first-order valence-electron chi connectivity index (χ1n) is 6.02. The zero-order valence-electron chi connectivity index (χ0n) is 11.5.